The molecule has 0 radical (unpaired) electrons. The van der Waals surface area contributed by atoms with Gasteiger partial charge in [-0.25, -0.2) is 0 Å². The molecule has 3 rings (SSSR count). The van der Waals surface area contributed by atoms with Crippen LogP contribution in [0.5, 0.6) is 5.75 Å². The van der Waals surface area contributed by atoms with Gasteiger partial charge in [-0.3, -0.25) is 4.99 Å². The minimum Gasteiger partial charge on any atom is -0.496 e. The highest BCUT2D eigenvalue weighted by molar-refractivity contribution is 6.12. The maximum absolute atomic E-state index is 6.07. The number of aliphatic imine (C=N–C) groups is 1. The summed E-state index contributed by atoms with van der Waals surface area (Å²) < 4.78 is 5.68. The number of hydrogen-bond donors (Lipinski definition) is 3. The first-order chi connectivity index (χ1) is 15.5. The second-order valence-corrected chi connectivity index (χ2v) is 8.83. The SMILES string of the molecule is C=C(C)C(=N/C=C\CC1C=CC=C(N)C1C)c1ccc(CNC[C@@H]2CCCN2)c(OC)c1. The lowest BCUT2D eigenvalue weighted by atomic mass is 9.85. The molecule has 0 amide bonds. The Morgan fingerprint density at radius 3 is 2.97 bits per heavy atom. The summed E-state index contributed by atoms with van der Waals surface area (Å²) in [4.78, 5) is 4.73. The maximum atomic E-state index is 6.07. The van der Waals surface area contributed by atoms with Crippen LogP contribution in [-0.4, -0.2) is 32.0 Å². The van der Waals surface area contributed by atoms with Gasteiger partial charge in [0.25, 0.3) is 0 Å². The van der Waals surface area contributed by atoms with E-state index >= 15 is 0 Å². The lowest BCUT2D eigenvalue weighted by Gasteiger charge is -2.22. The van der Waals surface area contributed by atoms with Crippen LogP contribution < -0.4 is 21.1 Å². The lowest BCUT2D eigenvalue weighted by Crippen LogP contribution is -2.33. The monoisotopic (exact) mass is 434 g/mol. The number of nitrogens with two attached hydrogens (primary N) is 1. The third-order valence-corrected chi connectivity index (χ3v) is 6.37. The van der Waals surface area contributed by atoms with Gasteiger partial charge in [-0.2, -0.15) is 0 Å². The van der Waals surface area contributed by atoms with E-state index in [1.165, 1.54) is 12.8 Å². The van der Waals surface area contributed by atoms with Crippen molar-refractivity contribution in [3.63, 3.8) is 0 Å². The van der Waals surface area contributed by atoms with Crippen molar-refractivity contribution in [3.05, 3.63) is 77.7 Å². The highest BCUT2D eigenvalue weighted by Gasteiger charge is 2.18. The Labute approximate surface area is 193 Å². The molecule has 172 valence electrons. The molecule has 0 aromatic heterocycles. The van der Waals surface area contributed by atoms with Gasteiger partial charge >= 0.3 is 0 Å². The fourth-order valence-electron chi connectivity index (χ4n) is 4.28. The van der Waals surface area contributed by atoms with Crippen molar-refractivity contribution in [2.45, 2.75) is 45.7 Å². The van der Waals surface area contributed by atoms with Crippen LogP contribution in [0.2, 0.25) is 0 Å². The summed E-state index contributed by atoms with van der Waals surface area (Å²) in [5.41, 5.74) is 11.0. The standard InChI is InChI=1S/C27H38N4O/c1-19(2)27(31-15-6-9-21-8-5-11-25(28)20(21)3)22-12-13-23(26(16-22)32-4)17-29-18-24-10-7-14-30-24/h5-6,8,11-13,15-16,20-21,24,29-30H,1,7,9-10,14,17-18,28H2,2-4H3/b15-6-,31-27?/t20?,21?,24-/m0/s1. The Bertz CT molecular complexity index is 906. The highest BCUT2D eigenvalue weighted by Crippen LogP contribution is 2.26. The van der Waals surface area contributed by atoms with Crippen molar-refractivity contribution in [1.82, 2.24) is 10.6 Å². The average molecular weight is 435 g/mol. The van der Waals surface area contributed by atoms with Crippen molar-refractivity contribution >= 4 is 5.71 Å². The average Bonchev–Trinajstić information content (AvgIpc) is 3.30. The van der Waals surface area contributed by atoms with Crippen molar-refractivity contribution < 1.29 is 4.74 Å². The predicted molar refractivity (Wildman–Crippen MR) is 135 cm³/mol. The lowest BCUT2D eigenvalue weighted by molar-refractivity contribution is 0.406. The summed E-state index contributed by atoms with van der Waals surface area (Å²) in [6.07, 6.45) is 13.7. The van der Waals surface area contributed by atoms with E-state index in [1.54, 1.807) is 7.11 Å². The normalized spacial score (nSPS) is 23.5. The summed E-state index contributed by atoms with van der Waals surface area (Å²) >= 11 is 0. The van der Waals surface area contributed by atoms with E-state index in [2.05, 4.69) is 54.5 Å². The number of benzene rings is 1. The summed E-state index contributed by atoms with van der Waals surface area (Å²) in [5, 5.41) is 7.07. The van der Waals surface area contributed by atoms with Crippen molar-refractivity contribution in [2.24, 2.45) is 22.6 Å². The van der Waals surface area contributed by atoms with E-state index < -0.39 is 0 Å². The Balaban J connectivity index is 1.65. The molecule has 5 nitrogen and oxygen atoms in total. The van der Waals surface area contributed by atoms with Gasteiger partial charge in [0.2, 0.25) is 0 Å². The zero-order valence-electron chi connectivity index (χ0n) is 19.7. The van der Waals surface area contributed by atoms with Crippen LogP contribution in [0.1, 0.15) is 44.2 Å². The zero-order chi connectivity index (χ0) is 22.9. The summed E-state index contributed by atoms with van der Waals surface area (Å²) in [5.74, 6) is 1.63. The van der Waals surface area contributed by atoms with Gasteiger partial charge < -0.3 is 21.1 Å². The van der Waals surface area contributed by atoms with Gasteiger partial charge in [0.1, 0.15) is 5.75 Å². The number of rotatable bonds is 10. The number of nitrogens with one attached hydrogen (secondary N) is 2. The topological polar surface area (TPSA) is 71.7 Å². The third kappa shape index (κ3) is 6.44. The second kappa shape index (κ2) is 11.8. The molecule has 1 aromatic rings. The molecule has 0 bridgehead atoms. The number of allylic oxidation sites excluding steroid dienone is 6. The smallest absolute Gasteiger partial charge is 0.124 e. The van der Waals surface area contributed by atoms with Crippen LogP contribution >= 0.6 is 0 Å². The molecule has 2 unspecified atom stereocenters. The fraction of sp³-hybridized carbons (Fsp3) is 0.444. The van der Waals surface area contributed by atoms with Crippen LogP contribution in [0.3, 0.4) is 0 Å². The minimum atomic E-state index is 0.351. The summed E-state index contributed by atoms with van der Waals surface area (Å²) in [6, 6.07) is 6.86. The first-order valence-corrected chi connectivity index (χ1v) is 11.6. The van der Waals surface area contributed by atoms with Crippen molar-refractivity contribution in [1.29, 1.82) is 0 Å². The molecule has 1 heterocycles. The first-order valence-electron chi connectivity index (χ1n) is 11.6. The van der Waals surface area contributed by atoms with Crippen molar-refractivity contribution in [3.8, 4) is 5.75 Å². The fourth-order valence-corrected chi connectivity index (χ4v) is 4.28. The third-order valence-electron chi connectivity index (χ3n) is 6.37. The highest BCUT2D eigenvalue weighted by atomic mass is 16.5. The molecule has 32 heavy (non-hydrogen) atoms. The summed E-state index contributed by atoms with van der Waals surface area (Å²) in [6.45, 7) is 11.2. The van der Waals surface area contributed by atoms with E-state index in [4.69, 9.17) is 15.5 Å². The molecule has 5 heteroatoms. The van der Waals surface area contributed by atoms with Crippen LogP contribution in [0.25, 0.3) is 0 Å². The van der Waals surface area contributed by atoms with E-state index in [9.17, 15) is 0 Å². The van der Waals surface area contributed by atoms with E-state index in [1.807, 2.05) is 25.3 Å². The molecule has 1 saturated heterocycles. The largest absolute Gasteiger partial charge is 0.496 e. The van der Waals surface area contributed by atoms with Gasteiger partial charge in [-0.05, 0) is 56.4 Å². The Morgan fingerprint density at radius 2 is 2.25 bits per heavy atom. The predicted octanol–water partition coefficient (Wildman–Crippen LogP) is 4.47. The first kappa shape index (κ1) is 24.0. The van der Waals surface area contributed by atoms with Gasteiger partial charge in [0.05, 0.1) is 12.8 Å². The Morgan fingerprint density at radius 1 is 1.41 bits per heavy atom. The van der Waals surface area contributed by atoms with Gasteiger partial charge in [0, 0.05) is 48.1 Å². The number of ether oxygens (including phenoxy) is 1. The molecule has 1 fully saturated rings. The van der Waals surface area contributed by atoms with Crippen LogP contribution in [0.4, 0.5) is 0 Å². The number of hydrogen-bond acceptors (Lipinski definition) is 5. The molecule has 0 spiro atoms. The van der Waals surface area contributed by atoms with Gasteiger partial charge in [-0.15, -0.1) is 0 Å². The summed E-state index contributed by atoms with van der Waals surface area (Å²) in [7, 11) is 1.72. The molecule has 2 aliphatic rings. The molecule has 1 aliphatic heterocycles. The van der Waals surface area contributed by atoms with E-state index in [0.717, 1.165) is 59.9 Å². The molecular weight excluding hydrogens is 396 g/mol. The molecule has 4 N–H and O–H groups in total. The Kier molecular flexibility index (Phi) is 8.89. The zero-order valence-corrected chi connectivity index (χ0v) is 19.7. The van der Waals surface area contributed by atoms with Crippen LogP contribution in [0.15, 0.2) is 71.5 Å². The van der Waals surface area contributed by atoms with Crippen LogP contribution in [-0.2, 0) is 6.54 Å². The molecular formula is C27H38N4O. The minimum absolute atomic E-state index is 0.351. The Hall–Kier alpha value is -2.63. The molecule has 3 atom stereocenters. The van der Waals surface area contributed by atoms with Crippen LogP contribution in [0, 0.1) is 11.8 Å². The van der Waals surface area contributed by atoms with Gasteiger partial charge in [0.15, 0.2) is 0 Å². The van der Waals surface area contributed by atoms with E-state index in [-0.39, 0.29) is 0 Å². The van der Waals surface area contributed by atoms with Crippen molar-refractivity contribution in [2.75, 3.05) is 20.2 Å². The van der Waals surface area contributed by atoms with Gasteiger partial charge in [-0.1, -0.05) is 43.9 Å². The van der Waals surface area contributed by atoms with E-state index in [0.29, 0.717) is 17.9 Å². The molecule has 1 aliphatic carbocycles. The maximum Gasteiger partial charge on any atom is 0.124 e. The quantitative estimate of drug-likeness (QED) is 0.475. The molecule has 1 aromatic carbocycles. The number of methoxy groups -OCH3 is 1. The second-order valence-electron chi connectivity index (χ2n) is 8.83. The molecule has 0 saturated carbocycles. The number of nitrogens with zero attached hydrogens (tertiary/aromatic N) is 1.